The van der Waals surface area contributed by atoms with Crippen molar-refractivity contribution in [1.29, 1.82) is 0 Å². The molecule has 112 valence electrons. The first-order valence-electron chi connectivity index (χ1n) is 8.11. The zero-order chi connectivity index (χ0) is 14.6. The van der Waals surface area contributed by atoms with Crippen LogP contribution in [-0.2, 0) is 6.54 Å². The van der Waals surface area contributed by atoms with Gasteiger partial charge in [-0.05, 0) is 49.7 Å². The largest absolute Gasteiger partial charge is 0.327 e. The number of hydrogen-bond donors (Lipinski definition) is 1. The normalized spacial score (nSPS) is 31.4. The summed E-state index contributed by atoms with van der Waals surface area (Å²) in [7, 11) is 0. The molecule has 2 aliphatic rings. The van der Waals surface area contributed by atoms with Gasteiger partial charge in [-0.3, -0.25) is 0 Å². The van der Waals surface area contributed by atoms with E-state index in [1.807, 2.05) is 12.1 Å². The first-order valence-corrected chi connectivity index (χ1v) is 8.48. The van der Waals surface area contributed by atoms with Gasteiger partial charge in [-0.25, -0.2) is 4.98 Å². The molecule has 0 saturated heterocycles. The molecular formula is C17H22ClN3. The molecule has 4 rings (SSSR count). The lowest BCUT2D eigenvalue weighted by Gasteiger charge is -2.28. The van der Waals surface area contributed by atoms with Crippen molar-refractivity contribution in [2.45, 2.75) is 51.1 Å². The van der Waals surface area contributed by atoms with Gasteiger partial charge in [0, 0.05) is 18.5 Å². The van der Waals surface area contributed by atoms with Gasteiger partial charge in [0.15, 0.2) is 0 Å². The van der Waals surface area contributed by atoms with Crippen LogP contribution in [0, 0.1) is 11.8 Å². The first kappa shape index (κ1) is 13.6. The van der Waals surface area contributed by atoms with Gasteiger partial charge in [0.25, 0.3) is 0 Å². The van der Waals surface area contributed by atoms with E-state index in [0.29, 0.717) is 11.8 Å². The highest BCUT2D eigenvalue weighted by Gasteiger charge is 2.48. The average molecular weight is 304 g/mol. The quantitative estimate of drug-likeness (QED) is 0.933. The Bertz CT molecular complexity index is 676. The van der Waals surface area contributed by atoms with E-state index >= 15 is 0 Å². The molecule has 2 N–H and O–H groups in total. The third-order valence-corrected chi connectivity index (χ3v) is 5.78. The van der Waals surface area contributed by atoms with E-state index in [0.717, 1.165) is 34.9 Å². The van der Waals surface area contributed by atoms with Crippen LogP contribution in [0.3, 0.4) is 0 Å². The van der Waals surface area contributed by atoms with Gasteiger partial charge in [0.1, 0.15) is 5.82 Å². The Morgan fingerprint density at radius 1 is 1.33 bits per heavy atom. The molecule has 1 heterocycles. The van der Waals surface area contributed by atoms with Crippen LogP contribution < -0.4 is 5.73 Å². The maximum Gasteiger partial charge on any atom is 0.114 e. The van der Waals surface area contributed by atoms with Gasteiger partial charge in [-0.1, -0.05) is 24.6 Å². The number of imidazole rings is 1. The highest BCUT2D eigenvalue weighted by Crippen LogP contribution is 2.52. The number of rotatable bonds is 3. The summed E-state index contributed by atoms with van der Waals surface area (Å²) >= 11 is 6.44. The van der Waals surface area contributed by atoms with Crippen molar-refractivity contribution in [2.24, 2.45) is 17.6 Å². The summed E-state index contributed by atoms with van der Waals surface area (Å²) in [6.45, 7) is 3.17. The zero-order valence-electron chi connectivity index (χ0n) is 12.4. The molecule has 3 nitrogen and oxygen atoms in total. The zero-order valence-corrected chi connectivity index (χ0v) is 13.2. The van der Waals surface area contributed by atoms with Gasteiger partial charge in [-0.15, -0.1) is 0 Å². The molecule has 1 aromatic carbocycles. The number of halogens is 1. The van der Waals surface area contributed by atoms with E-state index in [1.165, 1.54) is 25.1 Å². The second-order valence-corrected chi connectivity index (χ2v) is 7.07. The van der Waals surface area contributed by atoms with Crippen molar-refractivity contribution in [3.63, 3.8) is 0 Å². The number of aromatic nitrogens is 2. The Morgan fingerprint density at radius 2 is 2.14 bits per heavy atom. The predicted octanol–water partition coefficient (Wildman–Crippen LogP) is 3.94. The summed E-state index contributed by atoms with van der Waals surface area (Å²) in [6.07, 6.45) is 4.98. The molecule has 0 radical (unpaired) electrons. The van der Waals surface area contributed by atoms with E-state index in [1.54, 1.807) is 0 Å². The molecule has 21 heavy (non-hydrogen) atoms. The second kappa shape index (κ2) is 4.99. The van der Waals surface area contributed by atoms with Crippen LogP contribution in [0.4, 0.5) is 0 Å². The highest BCUT2D eigenvalue weighted by molar-refractivity contribution is 6.35. The summed E-state index contributed by atoms with van der Waals surface area (Å²) in [5, 5.41) is 0.802. The lowest BCUT2D eigenvalue weighted by molar-refractivity contribution is 0.346. The minimum absolute atomic E-state index is 0.273. The highest BCUT2D eigenvalue weighted by atomic mass is 35.5. The number of hydrogen-bond acceptors (Lipinski definition) is 2. The molecule has 2 bridgehead atoms. The van der Waals surface area contributed by atoms with Gasteiger partial charge in [0.2, 0.25) is 0 Å². The molecule has 2 aliphatic carbocycles. The summed E-state index contributed by atoms with van der Waals surface area (Å²) in [6, 6.07) is 6.28. The number of nitrogens with zero attached hydrogens (tertiary/aromatic N) is 2. The fraction of sp³-hybridized carbons (Fsp3) is 0.588. The van der Waals surface area contributed by atoms with E-state index in [9.17, 15) is 0 Å². The fourth-order valence-electron chi connectivity index (χ4n) is 4.58. The van der Waals surface area contributed by atoms with Crippen molar-refractivity contribution in [1.82, 2.24) is 9.55 Å². The topological polar surface area (TPSA) is 43.8 Å². The summed E-state index contributed by atoms with van der Waals surface area (Å²) in [4.78, 5) is 4.94. The van der Waals surface area contributed by atoms with E-state index < -0.39 is 0 Å². The smallest absolute Gasteiger partial charge is 0.114 e. The summed E-state index contributed by atoms with van der Waals surface area (Å²) < 4.78 is 2.34. The molecule has 0 amide bonds. The van der Waals surface area contributed by atoms with Gasteiger partial charge < -0.3 is 10.3 Å². The van der Waals surface area contributed by atoms with Crippen LogP contribution in [0.1, 0.15) is 44.3 Å². The molecule has 0 spiro atoms. The predicted molar refractivity (Wildman–Crippen MR) is 86.6 cm³/mol. The van der Waals surface area contributed by atoms with Crippen molar-refractivity contribution in [2.75, 3.05) is 0 Å². The Balaban J connectivity index is 1.88. The maximum absolute atomic E-state index is 6.53. The minimum Gasteiger partial charge on any atom is -0.327 e. The summed E-state index contributed by atoms with van der Waals surface area (Å²) in [5.41, 5.74) is 8.64. The molecule has 2 fully saturated rings. The molecule has 4 heteroatoms. The second-order valence-electron chi connectivity index (χ2n) is 6.67. The average Bonchev–Trinajstić information content (AvgIpc) is 3.13. The number of para-hydroxylation sites is 1. The van der Waals surface area contributed by atoms with Crippen LogP contribution in [0.25, 0.3) is 11.0 Å². The SMILES string of the molecule is CCCn1c(C2C3CCC(C3)C2N)nc2cccc(Cl)c21. The monoisotopic (exact) mass is 303 g/mol. The number of aryl methyl sites for hydroxylation is 1. The van der Waals surface area contributed by atoms with Crippen molar-refractivity contribution in [3.8, 4) is 0 Å². The number of benzene rings is 1. The van der Waals surface area contributed by atoms with Crippen LogP contribution in [0.2, 0.25) is 5.02 Å². The molecule has 4 unspecified atom stereocenters. The molecule has 0 aliphatic heterocycles. The first-order chi connectivity index (χ1) is 10.2. The Kier molecular flexibility index (Phi) is 3.23. The Hall–Kier alpha value is -1.06. The Morgan fingerprint density at radius 3 is 2.86 bits per heavy atom. The summed E-state index contributed by atoms with van der Waals surface area (Å²) in [5.74, 6) is 3.01. The van der Waals surface area contributed by atoms with Crippen LogP contribution in [0.5, 0.6) is 0 Å². The standard InChI is InChI=1S/C17H22ClN3/c1-2-8-21-16-12(18)4-3-5-13(16)20-17(21)14-10-6-7-11(9-10)15(14)19/h3-5,10-11,14-15H,2,6-9,19H2,1H3. The molecule has 2 aromatic rings. The molecular weight excluding hydrogens is 282 g/mol. The maximum atomic E-state index is 6.53. The third kappa shape index (κ3) is 1.94. The van der Waals surface area contributed by atoms with Crippen molar-refractivity contribution >= 4 is 22.6 Å². The lowest BCUT2D eigenvalue weighted by atomic mass is 9.84. The molecule has 4 atom stereocenters. The minimum atomic E-state index is 0.273. The molecule has 1 aromatic heterocycles. The number of fused-ring (bicyclic) bond motifs is 3. The van der Waals surface area contributed by atoms with Crippen molar-refractivity contribution in [3.05, 3.63) is 29.0 Å². The van der Waals surface area contributed by atoms with Gasteiger partial charge in [0.05, 0.1) is 16.1 Å². The van der Waals surface area contributed by atoms with E-state index in [-0.39, 0.29) is 6.04 Å². The fourth-order valence-corrected chi connectivity index (χ4v) is 4.85. The lowest BCUT2D eigenvalue weighted by Crippen LogP contribution is -2.35. The molecule has 2 saturated carbocycles. The van der Waals surface area contributed by atoms with Crippen LogP contribution in [0.15, 0.2) is 18.2 Å². The van der Waals surface area contributed by atoms with Crippen molar-refractivity contribution < 1.29 is 0 Å². The van der Waals surface area contributed by atoms with Gasteiger partial charge >= 0.3 is 0 Å². The Labute approximate surface area is 130 Å². The van der Waals surface area contributed by atoms with Crippen LogP contribution >= 0.6 is 11.6 Å². The van der Waals surface area contributed by atoms with Crippen LogP contribution in [-0.4, -0.2) is 15.6 Å². The van der Waals surface area contributed by atoms with E-state index in [4.69, 9.17) is 22.3 Å². The third-order valence-electron chi connectivity index (χ3n) is 5.47. The van der Waals surface area contributed by atoms with Gasteiger partial charge in [-0.2, -0.15) is 0 Å². The van der Waals surface area contributed by atoms with E-state index in [2.05, 4.69) is 17.6 Å². The number of nitrogens with two attached hydrogens (primary N) is 1.